The fourth-order valence-electron chi connectivity index (χ4n) is 3.20. The van der Waals surface area contributed by atoms with Gasteiger partial charge in [-0.25, -0.2) is 9.78 Å². The summed E-state index contributed by atoms with van der Waals surface area (Å²) < 4.78 is 0. The number of carbonyl (C=O) groups excluding carboxylic acids is 3. The maximum Gasteiger partial charge on any atom is 0.326 e. The van der Waals surface area contributed by atoms with Crippen LogP contribution in [0.2, 0.25) is 0 Å². The molecule has 0 aromatic carbocycles. The van der Waals surface area contributed by atoms with Gasteiger partial charge < -0.3 is 48.3 Å². The summed E-state index contributed by atoms with van der Waals surface area (Å²) in [6, 6.07) is -5.06. The monoisotopic (exact) mass is 525 g/mol. The molecule has 0 aliphatic carbocycles. The molecule has 12 N–H and O–H groups in total. The molecule has 37 heavy (non-hydrogen) atoms. The molecular formula is C21H35N9O7. The van der Waals surface area contributed by atoms with Gasteiger partial charge in [0, 0.05) is 24.9 Å². The molecule has 1 heterocycles. The van der Waals surface area contributed by atoms with Gasteiger partial charge in [-0.05, 0) is 18.8 Å². The standard InChI is InChI=1S/C21H35N9O7/c1-10(2)16(30-17(33)12(22)6-11-8-25-9-27-11)19(35)28-13(4-3-5-26-21(23)24)18(34)29-14(20(36)37)7-15(31)32/h8-10,12-14,16H,3-7,22H2,1-2H3,(H,25,27)(H,28,35)(H,29,34)(H,30,33)(H,31,32)(H,36,37)(H4,23,24,26). The van der Waals surface area contributed by atoms with E-state index >= 15 is 0 Å². The lowest BCUT2D eigenvalue weighted by molar-refractivity contribution is -0.147. The van der Waals surface area contributed by atoms with E-state index < -0.39 is 66.2 Å². The van der Waals surface area contributed by atoms with Crippen LogP contribution in [0, 0.1) is 5.92 Å². The Bertz CT molecular complexity index is 962. The number of guanidine groups is 1. The van der Waals surface area contributed by atoms with Gasteiger partial charge in [0.2, 0.25) is 17.7 Å². The number of nitrogens with one attached hydrogen (secondary N) is 4. The zero-order valence-corrected chi connectivity index (χ0v) is 20.6. The molecule has 3 amide bonds. The van der Waals surface area contributed by atoms with E-state index in [0.29, 0.717) is 5.69 Å². The number of hydrogen-bond acceptors (Lipinski definition) is 8. The molecule has 0 radical (unpaired) electrons. The van der Waals surface area contributed by atoms with Gasteiger partial charge in [0.05, 0.1) is 18.8 Å². The summed E-state index contributed by atoms with van der Waals surface area (Å²) in [5.41, 5.74) is 17.1. The molecule has 1 aromatic heterocycles. The summed E-state index contributed by atoms with van der Waals surface area (Å²) in [7, 11) is 0. The number of nitrogens with zero attached hydrogens (tertiary/aromatic N) is 2. The third kappa shape index (κ3) is 11.4. The van der Waals surface area contributed by atoms with E-state index in [1.807, 2.05) is 0 Å². The third-order valence-corrected chi connectivity index (χ3v) is 5.15. The van der Waals surface area contributed by atoms with E-state index in [1.54, 1.807) is 13.8 Å². The Morgan fingerprint density at radius 3 is 2.19 bits per heavy atom. The minimum Gasteiger partial charge on any atom is -0.481 e. The number of hydrogen-bond donors (Lipinski definition) is 9. The summed E-state index contributed by atoms with van der Waals surface area (Å²) >= 11 is 0. The molecule has 1 rings (SSSR count). The molecule has 0 aliphatic heterocycles. The van der Waals surface area contributed by atoms with Crippen LogP contribution < -0.4 is 33.2 Å². The van der Waals surface area contributed by atoms with Crippen LogP contribution in [-0.2, 0) is 30.4 Å². The van der Waals surface area contributed by atoms with Crippen molar-refractivity contribution in [1.29, 1.82) is 0 Å². The summed E-state index contributed by atoms with van der Waals surface area (Å²) in [5.74, 6) is -5.82. The van der Waals surface area contributed by atoms with Crippen molar-refractivity contribution in [2.24, 2.45) is 28.1 Å². The second kappa shape index (κ2) is 15.0. The smallest absolute Gasteiger partial charge is 0.326 e. The number of aromatic nitrogens is 2. The molecule has 16 heteroatoms. The second-order valence-electron chi connectivity index (χ2n) is 8.63. The first-order valence-electron chi connectivity index (χ1n) is 11.5. The summed E-state index contributed by atoms with van der Waals surface area (Å²) in [6.07, 6.45) is 2.45. The van der Waals surface area contributed by atoms with Gasteiger partial charge in [-0.3, -0.25) is 24.2 Å². The van der Waals surface area contributed by atoms with E-state index in [9.17, 15) is 29.1 Å². The number of carbonyl (C=O) groups is 5. The number of rotatable bonds is 16. The first-order valence-corrected chi connectivity index (χ1v) is 11.5. The summed E-state index contributed by atoms with van der Waals surface area (Å²) in [6.45, 7) is 3.46. The van der Waals surface area contributed by atoms with Gasteiger partial charge in [0.15, 0.2) is 5.96 Å². The summed E-state index contributed by atoms with van der Waals surface area (Å²) in [4.78, 5) is 71.3. The first kappa shape index (κ1) is 30.8. The predicted octanol–water partition coefficient (Wildman–Crippen LogP) is -3.00. The Hall–Kier alpha value is -4.21. The van der Waals surface area contributed by atoms with E-state index in [4.69, 9.17) is 22.3 Å². The number of aliphatic carboxylic acids is 2. The molecule has 0 saturated carbocycles. The normalized spacial score (nSPS) is 14.1. The number of carboxylic acid groups (broad SMARTS) is 2. The Morgan fingerprint density at radius 1 is 1.03 bits per heavy atom. The SMILES string of the molecule is CC(C)C(NC(=O)C(N)Cc1cnc[nH]1)C(=O)NC(CCCN=C(N)N)C(=O)NC(CC(=O)O)C(=O)O. The average Bonchev–Trinajstić information content (AvgIpc) is 3.30. The molecule has 0 bridgehead atoms. The molecule has 0 spiro atoms. The highest BCUT2D eigenvalue weighted by Crippen LogP contribution is 2.07. The van der Waals surface area contributed by atoms with Crippen LogP contribution in [0.3, 0.4) is 0 Å². The molecule has 206 valence electrons. The van der Waals surface area contributed by atoms with E-state index in [-0.39, 0.29) is 31.8 Å². The molecule has 16 nitrogen and oxygen atoms in total. The number of H-pyrrole nitrogens is 1. The topological polar surface area (TPSA) is 281 Å². The van der Waals surface area contributed by atoms with Gasteiger partial charge in [-0.1, -0.05) is 13.8 Å². The first-order chi connectivity index (χ1) is 17.3. The molecule has 0 fully saturated rings. The number of aliphatic imine (C=N–C) groups is 1. The van der Waals surface area contributed by atoms with Crippen LogP contribution >= 0.6 is 0 Å². The molecule has 1 aromatic rings. The van der Waals surface area contributed by atoms with Crippen LogP contribution in [0.25, 0.3) is 0 Å². The van der Waals surface area contributed by atoms with Gasteiger partial charge >= 0.3 is 11.9 Å². The van der Waals surface area contributed by atoms with Crippen LogP contribution in [0.4, 0.5) is 0 Å². The second-order valence-corrected chi connectivity index (χ2v) is 8.63. The Kier molecular flexibility index (Phi) is 12.5. The van der Waals surface area contributed by atoms with Crippen molar-refractivity contribution < 1.29 is 34.2 Å². The Labute approximate surface area is 212 Å². The van der Waals surface area contributed by atoms with E-state index in [2.05, 4.69) is 30.9 Å². The van der Waals surface area contributed by atoms with Crippen molar-refractivity contribution >= 4 is 35.6 Å². The number of aromatic amines is 1. The number of nitrogens with two attached hydrogens (primary N) is 3. The number of carboxylic acids is 2. The number of imidazole rings is 1. The van der Waals surface area contributed by atoms with Gasteiger partial charge in [0.25, 0.3) is 0 Å². The molecule has 0 saturated heterocycles. The summed E-state index contributed by atoms with van der Waals surface area (Å²) in [5, 5.41) is 25.3. The zero-order chi connectivity index (χ0) is 28.1. The van der Waals surface area contributed by atoms with Crippen molar-refractivity contribution in [2.45, 2.75) is 63.7 Å². The highest BCUT2D eigenvalue weighted by atomic mass is 16.4. The molecule has 4 unspecified atom stereocenters. The third-order valence-electron chi connectivity index (χ3n) is 5.15. The quantitative estimate of drug-likeness (QED) is 0.0595. The van der Waals surface area contributed by atoms with Crippen molar-refractivity contribution in [3.05, 3.63) is 18.2 Å². The van der Waals surface area contributed by atoms with E-state index in [0.717, 1.165) is 0 Å². The molecule has 4 atom stereocenters. The van der Waals surface area contributed by atoms with Crippen molar-refractivity contribution in [3.8, 4) is 0 Å². The van der Waals surface area contributed by atoms with Crippen LogP contribution in [-0.4, -0.2) is 86.5 Å². The fourth-order valence-corrected chi connectivity index (χ4v) is 3.20. The van der Waals surface area contributed by atoms with E-state index in [1.165, 1.54) is 12.5 Å². The van der Waals surface area contributed by atoms with Crippen LogP contribution in [0.15, 0.2) is 17.5 Å². The van der Waals surface area contributed by atoms with Crippen molar-refractivity contribution in [1.82, 2.24) is 25.9 Å². The maximum atomic E-state index is 13.1. The zero-order valence-electron chi connectivity index (χ0n) is 20.6. The largest absolute Gasteiger partial charge is 0.481 e. The highest BCUT2D eigenvalue weighted by Gasteiger charge is 2.32. The van der Waals surface area contributed by atoms with Crippen LogP contribution in [0.5, 0.6) is 0 Å². The lowest BCUT2D eigenvalue weighted by Gasteiger charge is -2.27. The maximum absolute atomic E-state index is 13.1. The Balaban J connectivity index is 2.97. The lowest BCUT2D eigenvalue weighted by atomic mass is 10.0. The van der Waals surface area contributed by atoms with Crippen molar-refractivity contribution in [2.75, 3.05) is 6.54 Å². The van der Waals surface area contributed by atoms with Crippen LogP contribution in [0.1, 0.15) is 38.8 Å². The predicted molar refractivity (Wildman–Crippen MR) is 131 cm³/mol. The Morgan fingerprint density at radius 2 is 1.68 bits per heavy atom. The minimum absolute atomic E-state index is 0.00807. The molecular weight excluding hydrogens is 490 g/mol. The molecule has 0 aliphatic rings. The minimum atomic E-state index is -1.72. The van der Waals surface area contributed by atoms with Crippen molar-refractivity contribution in [3.63, 3.8) is 0 Å². The average molecular weight is 526 g/mol. The highest BCUT2D eigenvalue weighted by molar-refractivity contribution is 5.94. The fraction of sp³-hybridized carbons (Fsp3) is 0.571. The van der Waals surface area contributed by atoms with Gasteiger partial charge in [0.1, 0.15) is 18.1 Å². The van der Waals surface area contributed by atoms with Gasteiger partial charge in [-0.2, -0.15) is 0 Å². The number of amides is 3. The van der Waals surface area contributed by atoms with Gasteiger partial charge in [-0.15, -0.1) is 0 Å². The lowest BCUT2D eigenvalue weighted by Crippen LogP contribution is -2.58.